The number of amides is 1. The maximum Gasteiger partial charge on any atom is 0.410 e. The molecule has 5 nitrogen and oxygen atoms in total. The van der Waals surface area contributed by atoms with E-state index in [-0.39, 0.29) is 12.1 Å². The highest BCUT2D eigenvalue weighted by atomic mass is 16.6. The van der Waals surface area contributed by atoms with E-state index < -0.39 is 5.60 Å². The smallest absolute Gasteiger partial charge is 0.410 e. The van der Waals surface area contributed by atoms with Crippen molar-refractivity contribution < 1.29 is 9.53 Å². The Morgan fingerprint density at radius 3 is 2.96 bits per heavy atom. The summed E-state index contributed by atoms with van der Waals surface area (Å²) in [5.74, 6) is 0. The van der Waals surface area contributed by atoms with Crippen LogP contribution in [0.25, 0.3) is 0 Å². The molecule has 0 saturated carbocycles. The summed E-state index contributed by atoms with van der Waals surface area (Å²) in [4.78, 5) is 18.6. The average molecular weight is 319 g/mol. The fraction of sp³-hybridized carbons (Fsp3) is 0.667. The lowest BCUT2D eigenvalue weighted by Crippen LogP contribution is -2.44. The first-order chi connectivity index (χ1) is 10.9. The van der Waals surface area contributed by atoms with Crippen LogP contribution in [0.15, 0.2) is 18.3 Å². The second-order valence-electron chi connectivity index (χ2n) is 7.06. The Morgan fingerprint density at radius 1 is 1.48 bits per heavy atom. The molecular formula is C18H29N3O2. The molecule has 0 aliphatic carbocycles. The first-order valence-electron chi connectivity index (χ1n) is 8.54. The van der Waals surface area contributed by atoms with Gasteiger partial charge in [-0.3, -0.25) is 4.98 Å². The maximum atomic E-state index is 12.3. The molecule has 1 aliphatic heterocycles. The van der Waals surface area contributed by atoms with E-state index in [0.717, 1.165) is 44.6 Å². The molecule has 1 N–H and O–H groups in total. The van der Waals surface area contributed by atoms with Gasteiger partial charge in [0.05, 0.1) is 5.69 Å². The average Bonchev–Trinajstić information content (AvgIpc) is 2.94. The van der Waals surface area contributed by atoms with Crippen molar-refractivity contribution >= 4 is 6.09 Å². The summed E-state index contributed by atoms with van der Waals surface area (Å²) < 4.78 is 5.50. The number of likely N-dealkylation sites (tertiary alicyclic amines) is 1. The van der Waals surface area contributed by atoms with Crippen LogP contribution in [0, 0.1) is 0 Å². The summed E-state index contributed by atoms with van der Waals surface area (Å²) in [6, 6.07) is 4.30. The van der Waals surface area contributed by atoms with Crippen molar-refractivity contribution in [2.45, 2.75) is 65.1 Å². The first-order valence-corrected chi connectivity index (χ1v) is 8.54. The lowest BCUT2D eigenvalue weighted by atomic mass is 10.1. The molecule has 5 heteroatoms. The second kappa shape index (κ2) is 7.77. The number of carbonyl (C=O) groups is 1. The highest BCUT2D eigenvalue weighted by Gasteiger charge is 2.31. The number of carbonyl (C=O) groups excluding carboxylic acids is 1. The summed E-state index contributed by atoms with van der Waals surface area (Å²) in [6.45, 7) is 10.2. The molecule has 1 fully saturated rings. The Bertz CT molecular complexity index is 525. The van der Waals surface area contributed by atoms with E-state index in [0.29, 0.717) is 0 Å². The molecule has 1 aromatic rings. The number of aryl methyl sites for hydroxylation is 1. The van der Waals surface area contributed by atoms with Crippen molar-refractivity contribution in [3.63, 3.8) is 0 Å². The number of rotatable bonds is 5. The summed E-state index contributed by atoms with van der Waals surface area (Å²) in [5, 5.41) is 3.45. The van der Waals surface area contributed by atoms with E-state index in [1.807, 2.05) is 37.9 Å². The fourth-order valence-electron chi connectivity index (χ4n) is 2.92. The number of nitrogens with one attached hydrogen (secondary N) is 1. The van der Waals surface area contributed by atoms with Crippen molar-refractivity contribution in [3.05, 3.63) is 29.6 Å². The molecule has 0 bridgehead atoms. The normalized spacial score (nSPS) is 18.3. The Morgan fingerprint density at radius 2 is 2.26 bits per heavy atom. The van der Waals surface area contributed by atoms with Crippen LogP contribution in [0.4, 0.5) is 4.79 Å². The molecule has 2 heterocycles. The van der Waals surface area contributed by atoms with E-state index in [9.17, 15) is 4.79 Å². The summed E-state index contributed by atoms with van der Waals surface area (Å²) >= 11 is 0. The Kier molecular flexibility index (Phi) is 5.99. The second-order valence-corrected chi connectivity index (χ2v) is 7.06. The molecule has 0 aromatic carbocycles. The van der Waals surface area contributed by atoms with Crippen LogP contribution in [0.5, 0.6) is 0 Å². The Balaban J connectivity index is 1.86. The highest BCUT2D eigenvalue weighted by molar-refractivity contribution is 5.69. The third-order valence-corrected chi connectivity index (χ3v) is 4.04. The van der Waals surface area contributed by atoms with Crippen molar-refractivity contribution in [3.8, 4) is 0 Å². The van der Waals surface area contributed by atoms with Gasteiger partial charge in [-0.2, -0.15) is 0 Å². The lowest BCUT2D eigenvalue weighted by Gasteiger charge is -2.28. The molecule has 0 radical (unpaired) electrons. The van der Waals surface area contributed by atoms with Crippen molar-refractivity contribution in [2.24, 2.45) is 0 Å². The molecule has 1 amide bonds. The molecule has 1 aromatic heterocycles. The van der Waals surface area contributed by atoms with E-state index in [1.54, 1.807) is 0 Å². The van der Waals surface area contributed by atoms with Gasteiger partial charge in [-0.1, -0.05) is 13.0 Å². The van der Waals surface area contributed by atoms with Gasteiger partial charge in [0.1, 0.15) is 5.60 Å². The van der Waals surface area contributed by atoms with Gasteiger partial charge in [0.2, 0.25) is 0 Å². The summed E-state index contributed by atoms with van der Waals surface area (Å²) in [5.41, 5.74) is 1.92. The monoisotopic (exact) mass is 319 g/mol. The fourth-order valence-corrected chi connectivity index (χ4v) is 2.92. The van der Waals surface area contributed by atoms with Gasteiger partial charge in [0, 0.05) is 31.9 Å². The van der Waals surface area contributed by atoms with Gasteiger partial charge < -0.3 is 15.0 Å². The Hall–Kier alpha value is -1.62. The van der Waals surface area contributed by atoms with Crippen LogP contribution in [-0.2, 0) is 17.7 Å². The zero-order valence-electron chi connectivity index (χ0n) is 14.8. The van der Waals surface area contributed by atoms with Crippen LogP contribution in [0.3, 0.4) is 0 Å². The topological polar surface area (TPSA) is 54.5 Å². The predicted molar refractivity (Wildman–Crippen MR) is 91.3 cm³/mol. The number of ether oxygens (including phenoxy) is 1. The van der Waals surface area contributed by atoms with Gasteiger partial charge in [-0.05, 0) is 51.7 Å². The van der Waals surface area contributed by atoms with Gasteiger partial charge in [-0.15, -0.1) is 0 Å². The van der Waals surface area contributed by atoms with Crippen LogP contribution in [0.1, 0.15) is 51.8 Å². The number of nitrogens with zero attached hydrogens (tertiary/aromatic N) is 2. The van der Waals surface area contributed by atoms with Gasteiger partial charge in [0.15, 0.2) is 0 Å². The SMILES string of the molecule is CCc1cccnc1CNCC1CCCN1C(=O)OC(C)(C)C. The lowest BCUT2D eigenvalue weighted by molar-refractivity contribution is 0.0226. The molecular weight excluding hydrogens is 290 g/mol. The number of hydrogen-bond acceptors (Lipinski definition) is 4. The molecule has 1 aliphatic rings. The van der Waals surface area contributed by atoms with E-state index >= 15 is 0 Å². The largest absolute Gasteiger partial charge is 0.444 e. The quantitative estimate of drug-likeness (QED) is 0.906. The van der Waals surface area contributed by atoms with Crippen LogP contribution >= 0.6 is 0 Å². The number of hydrogen-bond donors (Lipinski definition) is 1. The maximum absolute atomic E-state index is 12.3. The zero-order chi connectivity index (χ0) is 16.9. The van der Waals surface area contributed by atoms with Crippen molar-refractivity contribution in [2.75, 3.05) is 13.1 Å². The van der Waals surface area contributed by atoms with Gasteiger partial charge >= 0.3 is 6.09 Å². The number of aromatic nitrogens is 1. The molecule has 23 heavy (non-hydrogen) atoms. The third-order valence-electron chi connectivity index (χ3n) is 4.04. The minimum absolute atomic E-state index is 0.200. The first kappa shape index (κ1) is 17.7. The van der Waals surface area contributed by atoms with E-state index in [1.165, 1.54) is 5.56 Å². The van der Waals surface area contributed by atoms with E-state index in [2.05, 4.69) is 23.3 Å². The minimum atomic E-state index is -0.443. The van der Waals surface area contributed by atoms with Crippen LogP contribution < -0.4 is 5.32 Å². The molecule has 1 atom stereocenters. The standard InChI is InChI=1S/C18H29N3O2/c1-5-14-8-6-10-20-16(14)13-19-12-15-9-7-11-21(15)17(22)23-18(2,3)4/h6,8,10,15,19H,5,7,9,11-13H2,1-4H3. The molecule has 128 valence electrons. The predicted octanol–water partition coefficient (Wildman–Crippen LogP) is 3.13. The van der Waals surface area contributed by atoms with Gasteiger partial charge in [-0.25, -0.2) is 4.79 Å². The van der Waals surface area contributed by atoms with Crippen molar-refractivity contribution in [1.82, 2.24) is 15.2 Å². The molecule has 1 unspecified atom stereocenters. The van der Waals surface area contributed by atoms with Crippen molar-refractivity contribution in [1.29, 1.82) is 0 Å². The molecule has 0 spiro atoms. The minimum Gasteiger partial charge on any atom is -0.444 e. The molecule has 1 saturated heterocycles. The zero-order valence-corrected chi connectivity index (χ0v) is 14.8. The van der Waals surface area contributed by atoms with Gasteiger partial charge in [0.25, 0.3) is 0 Å². The van der Waals surface area contributed by atoms with E-state index in [4.69, 9.17) is 4.74 Å². The summed E-state index contributed by atoms with van der Waals surface area (Å²) in [6.07, 6.45) is 4.68. The number of pyridine rings is 1. The third kappa shape index (κ3) is 5.20. The molecule has 2 rings (SSSR count). The Labute approximate surface area is 139 Å². The van der Waals surface area contributed by atoms with Crippen LogP contribution in [-0.4, -0.2) is 40.7 Å². The van der Waals surface area contributed by atoms with Crippen LogP contribution in [0.2, 0.25) is 0 Å². The summed E-state index contributed by atoms with van der Waals surface area (Å²) in [7, 11) is 0. The highest BCUT2D eigenvalue weighted by Crippen LogP contribution is 2.20.